The van der Waals surface area contributed by atoms with Gasteiger partial charge >= 0.3 is 5.97 Å². The van der Waals surface area contributed by atoms with Gasteiger partial charge in [0.1, 0.15) is 0 Å². The first kappa shape index (κ1) is 28.2. The predicted octanol–water partition coefficient (Wildman–Crippen LogP) is 5.18. The van der Waals surface area contributed by atoms with Crippen LogP contribution < -0.4 is 5.32 Å². The molecule has 2 aliphatic heterocycles. The number of nitrogens with one attached hydrogen (secondary N) is 1. The number of aliphatic hydroxyl groups is 1. The van der Waals surface area contributed by atoms with Crippen molar-refractivity contribution in [3.8, 4) is 0 Å². The quantitative estimate of drug-likeness (QED) is 0.393. The molecule has 8 nitrogen and oxygen atoms in total. The van der Waals surface area contributed by atoms with E-state index in [9.17, 15) is 14.7 Å². The average Bonchev–Trinajstić information content (AvgIpc) is 2.90. The minimum atomic E-state index is -0.905. The second kappa shape index (κ2) is 14.4. The molecule has 2 aromatic rings. The number of hydrogen-bond donors (Lipinski definition) is 3. The summed E-state index contributed by atoms with van der Waals surface area (Å²) in [5.74, 6) is -1.12. The number of likely N-dealkylation sites (tertiary alicyclic amines) is 1. The van der Waals surface area contributed by atoms with Crippen LogP contribution in [0.15, 0.2) is 48.5 Å². The largest absolute Gasteiger partial charge is 0.481 e. The summed E-state index contributed by atoms with van der Waals surface area (Å²) in [5.41, 5.74) is 3.37. The van der Waals surface area contributed by atoms with Crippen LogP contribution >= 0.6 is 0 Å². The van der Waals surface area contributed by atoms with Gasteiger partial charge in [-0.15, -0.1) is 0 Å². The Kier molecular flexibility index (Phi) is 10.7. The molecule has 3 N–H and O–H groups in total. The Morgan fingerprint density at radius 3 is 2.37 bits per heavy atom. The number of carbonyl (C=O) groups is 2. The van der Waals surface area contributed by atoms with Crippen LogP contribution in [0.3, 0.4) is 0 Å². The molecule has 2 aromatic carbocycles. The number of carboxylic acids is 1. The number of nitrogens with zero attached hydrogens (tertiary/aromatic N) is 1. The fraction of sp³-hybridized carbons (Fsp3) is 0.533. The highest BCUT2D eigenvalue weighted by Gasteiger charge is 2.33. The molecule has 4 rings (SSSR count). The lowest BCUT2D eigenvalue weighted by Gasteiger charge is -2.39. The number of aliphatic hydroxyl groups excluding tert-OH is 1. The van der Waals surface area contributed by atoms with Gasteiger partial charge < -0.3 is 29.9 Å². The highest BCUT2D eigenvalue weighted by molar-refractivity contribution is 5.90. The van der Waals surface area contributed by atoms with Crippen LogP contribution in [0, 0.1) is 0 Å². The summed E-state index contributed by atoms with van der Waals surface area (Å²) in [4.78, 5) is 25.6. The molecule has 2 fully saturated rings. The molecule has 3 atom stereocenters. The van der Waals surface area contributed by atoms with Crippen molar-refractivity contribution in [2.75, 3.05) is 25.0 Å². The first-order valence-corrected chi connectivity index (χ1v) is 13.8. The van der Waals surface area contributed by atoms with Crippen molar-refractivity contribution in [3.05, 3.63) is 65.2 Å². The second-order valence-corrected chi connectivity index (χ2v) is 10.3. The van der Waals surface area contributed by atoms with Gasteiger partial charge in [-0.3, -0.25) is 9.59 Å². The maximum Gasteiger partial charge on any atom is 0.303 e. The van der Waals surface area contributed by atoms with Crippen LogP contribution in [-0.2, 0) is 25.7 Å². The van der Waals surface area contributed by atoms with E-state index >= 15 is 0 Å². The van der Waals surface area contributed by atoms with Crippen LogP contribution in [0.25, 0.3) is 0 Å². The van der Waals surface area contributed by atoms with E-state index in [1.54, 1.807) is 0 Å². The Morgan fingerprint density at radius 1 is 0.921 bits per heavy atom. The number of benzene rings is 2. The summed E-state index contributed by atoms with van der Waals surface area (Å²) in [7, 11) is 0. The second-order valence-electron chi connectivity index (χ2n) is 10.3. The Balaban J connectivity index is 1.48. The summed E-state index contributed by atoms with van der Waals surface area (Å²) in [5, 5.41) is 21.1. The van der Waals surface area contributed by atoms with Crippen molar-refractivity contribution in [1.82, 2.24) is 4.90 Å². The number of aliphatic carboxylic acids is 1. The van der Waals surface area contributed by atoms with E-state index in [0.717, 1.165) is 42.7 Å². The molecule has 0 spiro atoms. The van der Waals surface area contributed by atoms with E-state index in [4.69, 9.17) is 14.6 Å². The van der Waals surface area contributed by atoms with E-state index in [0.29, 0.717) is 12.1 Å². The number of anilines is 1. The number of rotatable bonds is 10. The Bertz CT molecular complexity index is 1040. The lowest BCUT2D eigenvalue weighted by atomic mass is 9.99. The van der Waals surface area contributed by atoms with Gasteiger partial charge in [0, 0.05) is 37.1 Å². The smallest absolute Gasteiger partial charge is 0.303 e. The molecule has 2 saturated heterocycles. The van der Waals surface area contributed by atoms with Crippen LogP contribution in [0.5, 0.6) is 0 Å². The Hall–Kier alpha value is -2.78. The summed E-state index contributed by atoms with van der Waals surface area (Å²) < 4.78 is 13.0. The van der Waals surface area contributed by atoms with Crippen molar-refractivity contribution in [2.24, 2.45) is 0 Å². The molecule has 8 heteroatoms. The zero-order valence-electron chi connectivity index (χ0n) is 22.0. The molecule has 0 aliphatic carbocycles. The fourth-order valence-corrected chi connectivity index (χ4v) is 5.20. The SMILES string of the molecule is O=C(O)CCCC(=O)Nc1cccc([C@@H]2O[C@H](CN3CCCCCCC3)C[C@H](c3ccc(CO)cc3)O2)c1. The molecule has 0 unspecified atom stereocenters. The van der Waals surface area contributed by atoms with Crippen molar-refractivity contribution in [1.29, 1.82) is 0 Å². The molecule has 38 heavy (non-hydrogen) atoms. The highest BCUT2D eigenvalue weighted by Crippen LogP contribution is 2.38. The van der Waals surface area contributed by atoms with Gasteiger partial charge in [0.25, 0.3) is 0 Å². The third-order valence-corrected chi connectivity index (χ3v) is 7.26. The Labute approximate surface area is 224 Å². The fourth-order valence-electron chi connectivity index (χ4n) is 5.20. The lowest BCUT2D eigenvalue weighted by molar-refractivity contribution is -0.253. The molecular formula is C30H40N2O6. The van der Waals surface area contributed by atoms with Crippen LogP contribution in [0.4, 0.5) is 5.69 Å². The first-order chi connectivity index (χ1) is 18.5. The van der Waals surface area contributed by atoms with Gasteiger partial charge in [0.15, 0.2) is 6.29 Å². The maximum atomic E-state index is 12.3. The average molecular weight is 525 g/mol. The van der Waals surface area contributed by atoms with Crippen LogP contribution in [-0.4, -0.2) is 52.7 Å². The van der Waals surface area contributed by atoms with Gasteiger partial charge in [-0.2, -0.15) is 0 Å². The molecule has 0 saturated carbocycles. The number of carbonyl (C=O) groups excluding carboxylic acids is 1. The van der Waals surface area contributed by atoms with E-state index < -0.39 is 12.3 Å². The molecule has 2 aliphatic rings. The summed E-state index contributed by atoms with van der Waals surface area (Å²) >= 11 is 0. The monoisotopic (exact) mass is 524 g/mol. The van der Waals surface area contributed by atoms with Crippen molar-refractivity contribution < 1.29 is 29.3 Å². The van der Waals surface area contributed by atoms with Crippen molar-refractivity contribution in [2.45, 2.75) is 82.9 Å². The van der Waals surface area contributed by atoms with Crippen molar-refractivity contribution >= 4 is 17.6 Å². The molecule has 0 bridgehead atoms. The third-order valence-electron chi connectivity index (χ3n) is 7.26. The minimum Gasteiger partial charge on any atom is -0.481 e. The van der Waals surface area contributed by atoms with Gasteiger partial charge in [-0.1, -0.05) is 55.7 Å². The number of carboxylic acid groups (broad SMARTS) is 1. The lowest BCUT2D eigenvalue weighted by Crippen LogP contribution is -2.40. The minimum absolute atomic E-state index is 0.00391. The standard InChI is InChI=1S/C30H40N2O6/c33-21-22-12-14-23(15-13-22)27-19-26(20-32-16-4-2-1-3-5-17-32)37-30(38-27)24-8-6-9-25(18-24)31-28(34)10-7-11-29(35)36/h6,8-9,12-15,18,26-27,30,33H,1-5,7,10-11,16-17,19-21H2,(H,31,34)(H,35,36)/t26-,27+,30+/m0/s1. The summed E-state index contributed by atoms with van der Waals surface area (Å²) in [6.45, 7) is 3.03. The van der Waals surface area contributed by atoms with E-state index in [1.807, 2.05) is 48.5 Å². The van der Waals surface area contributed by atoms with E-state index in [2.05, 4.69) is 10.2 Å². The highest BCUT2D eigenvalue weighted by atomic mass is 16.7. The van der Waals surface area contributed by atoms with E-state index in [1.165, 1.54) is 32.1 Å². The molecule has 206 valence electrons. The van der Waals surface area contributed by atoms with E-state index in [-0.39, 0.29) is 37.6 Å². The Morgan fingerprint density at radius 2 is 1.66 bits per heavy atom. The van der Waals surface area contributed by atoms with Gasteiger partial charge in [-0.25, -0.2) is 0 Å². The van der Waals surface area contributed by atoms with Gasteiger partial charge in [0.05, 0.1) is 18.8 Å². The molecule has 1 amide bonds. The zero-order valence-corrected chi connectivity index (χ0v) is 22.0. The predicted molar refractivity (Wildman–Crippen MR) is 145 cm³/mol. The topological polar surface area (TPSA) is 108 Å². The number of ether oxygens (including phenoxy) is 2. The zero-order chi connectivity index (χ0) is 26.7. The van der Waals surface area contributed by atoms with Crippen molar-refractivity contribution in [3.63, 3.8) is 0 Å². The molecule has 2 heterocycles. The number of amides is 1. The van der Waals surface area contributed by atoms with Crippen LogP contribution in [0.2, 0.25) is 0 Å². The van der Waals surface area contributed by atoms with Gasteiger partial charge in [0.2, 0.25) is 5.91 Å². The normalized spacial score (nSPS) is 22.8. The summed E-state index contributed by atoms with van der Waals surface area (Å²) in [6.07, 6.45) is 6.71. The molecule has 0 aromatic heterocycles. The maximum absolute atomic E-state index is 12.3. The first-order valence-electron chi connectivity index (χ1n) is 13.8. The third kappa shape index (κ3) is 8.63. The number of hydrogen-bond acceptors (Lipinski definition) is 6. The molecule has 0 radical (unpaired) electrons. The van der Waals surface area contributed by atoms with Crippen LogP contribution in [0.1, 0.15) is 86.9 Å². The summed E-state index contributed by atoms with van der Waals surface area (Å²) in [6, 6.07) is 15.4. The molecular weight excluding hydrogens is 484 g/mol. The van der Waals surface area contributed by atoms with Gasteiger partial charge in [-0.05, 0) is 55.6 Å².